The molecule has 0 bridgehead atoms. The first-order chi connectivity index (χ1) is 18.9. The number of nitrogens with zero attached hydrogens (tertiary/aromatic N) is 5. The van der Waals surface area contributed by atoms with E-state index in [0.29, 0.717) is 47.3 Å². The summed E-state index contributed by atoms with van der Waals surface area (Å²) in [7, 11) is 1.67. The lowest BCUT2D eigenvalue weighted by Crippen LogP contribution is -2.52. The number of anilines is 1. The molecule has 2 atom stereocenters. The van der Waals surface area contributed by atoms with Crippen LogP contribution < -0.4 is 4.90 Å². The fraction of sp³-hybridized carbons (Fsp3) is 0.367. The van der Waals surface area contributed by atoms with Crippen molar-refractivity contribution in [2.75, 3.05) is 31.6 Å². The highest BCUT2D eigenvalue weighted by molar-refractivity contribution is 5.94. The minimum absolute atomic E-state index is 0.0439. The molecule has 0 N–H and O–H groups in total. The van der Waals surface area contributed by atoms with Gasteiger partial charge in [0.15, 0.2) is 5.65 Å². The van der Waals surface area contributed by atoms with Crippen molar-refractivity contribution in [2.24, 2.45) is 0 Å². The Morgan fingerprint density at radius 2 is 1.79 bits per heavy atom. The molecule has 200 valence electrons. The number of hydrogen-bond acceptors (Lipinski definition) is 5. The van der Waals surface area contributed by atoms with E-state index >= 15 is 8.78 Å². The maximum Gasteiger partial charge on any atom is 0.273 e. The molecule has 2 fully saturated rings. The van der Waals surface area contributed by atoms with Gasteiger partial charge < -0.3 is 14.5 Å². The van der Waals surface area contributed by atoms with Crippen molar-refractivity contribution in [3.05, 3.63) is 82.8 Å². The molecule has 1 saturated heterocycles. The zero-order chi connectivity index (χ0) is 26.8. The number of carbonyl (C=O) groups excluding carboxylic acids is 1. The van der Waals surface area contributed by atoms with Crippen molar-refractivity contribution in [1.29, 1.82) is 0 Å². The van der Waals surface area contributed by atoms with Gasteiger partial charge in [-0.2, -0.15) is 9.61 Å². The standard InChI is InChI=1S/C30H29F2N5O2/c1-17-21-5-3-4-6-22(21)25(32)16-36(17)30(38)27-13-29(35-14-20(15-35)39-2)37-28(33-27)12-26(34-37)23-10-9-19(11-24(23)31)18-7-8-18/h3-6,9-13,17-18,20,25H,7-8,14-16H2,1-2H3. The minimum Gasteiger partial charge on any atom is -0.378 e. The van der Waals surface area contributed by atoms with Crippen LogP contribution in [0.5, 0.6) is 0 Å². The summed E-state index contributed by atoms with van der Waals surface area (Å²) >= 11 is 0. The third kappa shape index (κ3) is 4.07. The van der Waals surface area contributed by atoms with Gasteiger partial charge in [-0.25, -0.2) is 13.8 Å². The van der Waals surface area contributed by atoms with Crippen molar-refractivity contribution in [3.8, 4) is 11.3 Å². The predicted molar refractivity (Wildman–Crippen MR) is 143 cm³/mol. The van der Waals surface area contributed by atoms with E-state index in [9.17, 15) is 4.79 Å². The molecule has 7 rings (SSSR count). The van der Waals surface area contributed by atoms with Crippen molar-refractivity contribution in [3.63, 3.8) is 0 Å². The van der Waals surface area contributed by atoms with Gasteiger partial charge in [0.2, 0.25) is 0 Å². The summed E-state index contributed by atoms with van der Waals surface area (Å²) in [4.78, 5) is 22.0. The molecule has 7 nitrogen and oxygen atoms in total. The Balaban J connectivity index is 1.29. The van der Waals surface area contributed by atoms with Crippen molar-refractivity contribution in [1.82, 2.24) is 19.5 Å². The second-order valence-electron chi connectivity index (χ2n) is 10.8. The molecule has 1 aliphatic carbocycles. The largest absolute Gasteiger partial charge is 0.378 e. The second-order valence-corrected chi connectivity index (χ2v) is 10.8. The van der Waals surface area contributed by atoms with E-state index in [1.54, 1.807) is 42.0 Å². The molecule has 1 amide bonds. The Morgan fingerprint density at radius 1 is 1.03 bits per heavy atom. The highest BCUT2D eigenvalue weighted by Gasteiger charge is 2.36. The second kappa shape index (κ2) is 9.12. The number of aromatic nitrogens is 3. The van der Waals surface area contributed by atoms with Crippen molar-refractivity contribution in [2.45, 2.75) is 44.0 Å². The summed E-state index contributed by atoms with van der Waals surface area (Å²) in [5, 5.41) is 4.70. The predicted octanol–water partition coefficient (Wildman–Crippen LogP) is 5.48. The van der Waals surface area contributed by atoms with Crippen LogP contribution in [0.3, 0.4) is 0 Å². The summed E-state index contributed by atoms with van der Waals surface area (Å²) in [6, 6.07) is 15.8. The average molecular weight is 530 g/mol. The molecule has 39 heavy (non-hydrogen) atoms. The Hall–Kier alpha value is -3.85. The molecule has 2 aromatic heterocycles. The van der Waals surface area contributed by atoms with Crippen LogP contribution in [0.15, 0.2) is 54.6 Å². The number of carbonyl (C=O) groups is 1. The summed E-state index contributed by atoms with van der Waals surface area (Å²) in [6.45, 7) is 3.12. The van der Waals surface area contributed by atoms with Gasteiger partial charge in [-0.1, -0.05) is 30.3 Å². The van der Waals surface area contributed by atoms with Crippen LogP contribution in [0.2, 0.25) is 0 Å². The minimum atomic E-state index is -1.27. The lowest BCUT2D eigenvalue weighted by atomic mass is 9.92. The monoisotopic (exact) mass is 529 g/mol. The normalized spacial score (nSPS) is 21.2. The topological polar surface area (TPSA) is 63.0 Å². The number of hydrogen-bond donors (Lipinski definition) is 0. The maximum absolute atomic E-state index is 15.1. The number of methoxy groups -OCH3 is 1. The fourth-order valence-electron chi connectivity index (χ4n) is 5.79. The Labute approximate surface area is 225 Å². The SMILES string of the molecule is COC1CN(c2cc(C(=O)N3CC(F)c4ccccc4C3C)nc3cc(-c4ccc(C5CC5)cc4F)nn23)C1. The van der Waals surface area contributed by atoms with E-state index in [4.69, 9.17) is 9.84 Å². The van der Waals surface area contributed by atoms with Gasteiger partial charge in [0.1, 0.15) is 23.5 Å². The van der Waals surface area contributed by atoms with Crippen LogP contribution in [-0.4, -0.2) is 58.3 Å². The van der Waals surface area contributed by atoms with E-state index in [2.05, 4.69) is 9.88 Å². The first-order valence-electron chi connectivity index (χ1n) is 13.4. The Kier molecular flexibility index (Phi) is 5.66. The number of fused-ring (bicyclic) bond motifs is 2. The van der Waals surface area contributed by atoms with E-state index in [1.807, 2.05) is 31.2 Å². The Morgan fingerprint density at radius 3 is 2.51 bits per heavy atom. The van der Waals surface area contributed by atoms with Crippen molar-refractivity contribution < 1.29 is 18.3 Å². The van der Waals surface area contributed by atoms with Crippen LogP contribution in [0.25, 0.3) is 16.9 Å². The fourth-order valence-corrected chi connectivity index (χ4v) is 5.79. The number of benzene rings is 2. The number of ether oxygens (including phenoxy) is 1. The molecule has 3 aliphatic rings. The highest BCUT2D eigenvalue weighted by Crippen LogP contribution is 2.41. The molecule has 0 spiro atoms. The third-order valence-electron chi connectivity index (χ3n) is 8.32. The molecule has 2 aliphatic heterocycles. The quantitative estimate of drug-likeness (QED) is 0.343. The van der Waals surface area contributed by atoms with Crippen LogP contribution in [-0.2, 0) is 4.74 Å². The molecule has 9 heteroatoms. The number of amides is 1. The highest BCUT2D eigenvalue weighted by atomic mass is 19.1. The van der Waals surface area contributed by atoms with E-state index in [-0.39, 0.29) is 36.1 Å². The molecule has 4 aromatic rings. The molecule has 2 unspecified atom stereocenters. The lowest BCUT2D eigenvalue weighted by Gasteiger charge is -2.40. The summed E-state index contributed by atoms with van der Waals surface area (Å²) in [5.74, 6) is 0.443. The molecule has 2 aromatic carbocycles. The third-order valence-corrected chi connectivity index (χ3v) is 8.32. The lowest BCUT2D eigenvalue weighted by molar-refractivity contribution is 0.0585. The van der Waals surface area contributed by atoms with Gasteiger partial charge in [-0.3, -0.25) is 4.79 Å². The average Bonchev–Trinajstić information content (AvgIpc) is 3.68. The van der Waals surface area contributed by atoms with Gasteiger partial charge in [-0.15, -0.1) is 0 Å². The van der Waals surface area contributed by atoms with Crippen molar-refractivity contribution >= 4 is 17.4 Å². The van der Waals surface area contributed by atoms with E-state index < -0.39 is 6.17 Å². The molecular weight excluding hydrogens is 500 g/mol. The number of alkyl halides is 1. The van der Waals surface area contributed by atoms with Gasteiger partial charge in [0.25, 0.3) is 5.91 Å². The van der Waals surface area contributed by atoms with Crippen LogP contribution in [0, 0.1) is 5.82 Å². The smallest absolute Gasteiger partial charge is 0.273 e. The Bertz CT molecular complexity index is 1590. The molecular formula is C30H29F2N5O2. The van der Waals surface area contributed by atoms with E-state index in [0.717, 1.165) is 24.0 Å². The zero-order valence-electron chi connectivity index (χ0n) is 21.8. The van der Waals surface area contributed by atoms with Gasteiger partial charge in [-0.05, 0) is 54.5 Å². The first-order valence-corrected chi connectivity index (χ1v) is 13.4. The molecule has 0 radical (unpaired) electrons. The zero-order valence-corrected chi connectivity index (χ0v) is 21.8. The van der Waals surface area contributed by atoms with E-state index in [1.165, 1.54) is 4.90 Å². The van der Waals surface area contributed by atoms with Crippen LogP contribution in [0.4, 0.5) is 14.6 Å². The summed E-state index contributed by atoms with van der Waals surface area (Å²) in [6.07, 6.45) is 0.992. The van der Waals surface area contributed by atoms with Crippen LogP contribution >= 0.6 is 0 Å². The van der Waals surface area contributed by atoms with Gasteiger partial charge in [0.05, 0.1) is 24.4 Å². The molecule has 1 saturated carbocycles. The van der Waals surface area contributed by atoms with Gasteiger partial charge >= 0.3 is 0 Å². The van der Waals surface area contributed by atoms with Crippen LogP contribution in [0.1, 0.15) is 65.1 Å². The first kappa shape index (κ1) is 24.2. The van der Waals surface area contributed by atoms with Gasteiger partial charge in [0, 0.05) is 37.9 Å². The molecule has 4 heterocycles. The number of halogens is 2. The maximum atomic E-state index is 15.1. The number of rotatable bonds is 5. The summed E-state index contributed by atoms with van der Waals surface area (Å²) in [5.41, 5.74) is 3.91. The summed E-state index contributed by atoms with van der Waals surface area (Å²) < 4.78 is 37.4.